The lowest BCUT2D eigenvalue weighted by Crippen LogP contribution is -2.38. The Kier molecular flexibility index (Phi) is 11.6. The minimum Gasteiger partial charge on any atom is -0.493 e. The second kappa shape index (κ2) is 13.3. The number of benzene rings is 2. The van der Waals surface area contributed by atoms with Crippen molar-refractivity contribution in [3.8, 4) is 11.5 Å². The second-order valence-electron chi connectivity index (χ2n) is 6.26. The molecule has 0 aliphatic rings. The monoisotopic (exact) mass is 547 g/mol. The molecule has 2 rings (SSSR count). The summed E-state index contributed by atoms with van der Waals surface area (Å²) in [6, 6.07) is 14.2. The predicted molar refractivity (Wildman–Crippen MR) is 131 cm³/mol. The Morgan fingerprint density at radius 3 is 2.33 bits per heavy atom. The number of nitrogens with one attached hydrogen (secondary N) is 2. The zero-order valence-electron chi connectivity index (χ0n) is 17.6. The lowest BCUT2D eigenvalue weighted by Gasteiger charge is -2.13. The van der Waals surface area contributed by atoms with Gasteiger partial charge in [-0.3, -0.25) is 4.99 Å². The molecule has 2 N–H and O–H groups in total. The van der Waals surface area contributed by atoms with Crippen LogP contribution in [0.25, 0.3) is 0 Å². The maximum atomic E-state index is 12.4. The molecule has 0 aliphatic heterocycles. The van der Waals surface area contributed by atoms with E-state index in [9.17, 15) is 8.42 Å². The van der Waals surface area contributed by atoms with E-state index in [0.29, 0.717) is 35.4 Å². The van der Waals surface area contributed by atoms with Gasteiger partial charge in [0.1, 0.15) is 0 Å². The molecule has 0 atom stereocenters. The summed E-state index contributed by atoms with van der Waals surface area (Å²) in [4.78, 5) is 4.71. The molecule has 0 bridgehead atoms. The van der Waals surface area contributed by atoms with Gasteiger partial charge >= 0.3 is 0 Å². The number of aliphatic imine (C=N–C) groups is 1. The standard InChI is InChI=1S/C21H29N3O4S.HI/c1-4-22-21(24-14-15-29(25,26)18-8-6-5-7-9-18)23-13-12-17-10-11-19(27-2)20(16-17)28-3;/h5-11,16H,4,12-15H2,1-3H3,(H2,22,23,24);1H. The summed E-state index contributed by atoms with van der Waals surface area (Å²) < 4.78 is 35.3. The zero-order chi connectivity index (χ0) is 21.1. The van der Waals surface area contributed by atoms with Crippen LogP contribution < -0.4 is 20.1 Å². The highest BCUT2D eigenvalue weighted by molar-refractivity contribution is 14.0. The fourth-order valence-electron chi connectivity index (χ4n) is 2.73. The first-order valence-electron chi connectivity index (χ1n) is 9.51. The highest BCUT2D eigenvalue weighted by atomic mass is 127. The highest BCUT2D eigenvalue weighted by Crippen LogP contribution is 2.27. The van der Waals surface area contributed by atoms with Gasteiger partial charge in [0.25, 0.3) is 0 Å². The van der Waals surface area contributed by atoms with Crippen molar-refractivity contribution in [2.45, 2.75) is 18.2 Å². The van der Waals surface area contributed by atoms with E-state index in [1.54, 1.807) is 44.6 Å². The molecule has 166 valence electrons. The smallest absolute Gasteiger partial charge is 0.191 e. The fourth-order valence-corrected chi connectivity index (χ4v) is 3.87. The number of ether oxygens (including phenoxy) is 2. The second-order valence-corrected chi connectivity index (χ2v) is 8.37. The first-order valence-corrected chi connectivity index (χ1v) is 11.2. The molecule has 0 unspecified atom stereocenters. The van der Waals surface area contributed by atoms with Crippen molar-refractivity contribution in [2.75, 3.05) is 39.6 Å². The molecule has 9 heteroatoms. The Bertz CT molecular complexity index is 906. The molecular formula is C21H30IN3O4S. The largest absolute Gasteiger partial charge is 0.493 e. The number of halogens is 1. The third kappa shape index (κ3) is 8.02. The average Bonchev–Trinajstić information content (AvgIpc) is 2.74. The minimum atomic E-state index is -3.34. The quantitative estimate of drug-likeness (QED) is 0.270. The fraction of sp³-hybridized carbons (Fsp3) is 0.381. The van der Waals surface area contributed by atoms with Crippen molar-refractivity contribution in [1.82, 2.24) is 10.6 Å². The third-order valence-corrected chi connectivity index (χ3v) is 5.94. The molecular weight excluding hydrogens is 517 g/mol. The maximum absolute atomic E-state index is 12.4. The molecule has 2 aromatic rings. The molecule has 7 nitrogen and oxygen atoms in total. The van der Waals surface area contributed by atoms with Gasteiger partial charge in [0.05, 0.1) is 31.4 Å². The van der Waals surface area contributed by atoms with Gasteiger partial charge in [0, 0.05) is 13.1 Å². The van der Waals surface area contributed by atoms with Crippen molar-refractivity contribution in [3.05, 3.63) is 54.1 Å². The van der Waals surface area contributed by atoms with Crippen molar-refractivity contribution >= 4 is 39.8 Å². The van der Waals surface area contributed by atoms with Crippen LogP contribution >= 0.6 is 24.0 Å². The SMILES string of the molecule is CCNC(=NCCS(=O)(=O)c1ccccc1)NCCc1ccc(OC)c(OC)c1.I. The first-order chi connectivity index (χ1) is 14.0. The van der Waals surface area contributed by atoms with Crippen LogP contribution in [0.15, 0.2) is 58.4 Å². The van der Waals surface area contributed by atoms with E-state index >= 15 is 0 Å². The van der Waals surface area contributed by atoms with Crippen LogP contribution in [0.3, 0.4) is 0 Å². The van der Waals surface area contributed by atoms with Gasteiger partial charge < -0.3 is 20.1 Å². The van der Waals surface area contributed by atoms with Gasteiger partial charge in [-0.2, -0.15) is 0 Å². The average molecular weight is 547 g/mol. The molecule has 0 aromatic heterocycles. The zero-order valence-corrected chi connectivity index (χ0v) is 20.7. The summed E-state index contributed by atoms with van der Waals surface area (Å²) in [5.41, 5.74) is 1.10. The summed E-state index contributed by atoms with van der Waals surface area (Å²) in [7, 11) is -0.119. The molecule has 2 aromatic carbocycles. The van der Waals surface area contributed by atoms with Crippen molar-refractivity contribution < 1.29 is 17.9 Å². The van der Waals surface area contributed by atoms with Crippen LogP contribution in [0.5, 0.6) is 11.5 Å². The van der Waals surface area contributed by atoms with Crippen LogP contribution in [-0.4, -0.2) is 54.0 Å². The van der Waals surface area contributed by atoms with Crippen LogP contribution in [-0.2, 0) is 16.3 Å². The molecule has 0 spiro atoms. The number of hydrogen-bond acceptors (Lipinski definition) is 5. The van der Waals surface area contributed by atoms with Crippen molar-refractivity contribution in [2.24, 2.45) is 4.99 Å². The van der Waals surface area contributed by atoms with Gasteiger partial charge in [0.15, 0.2) is 27.3 Å². The summed E-state index contributed by atoms with van der Waals surface area (Å²) in [6.07, 6.45) is 0.757. The number of hydrogen-bond donors (Lipinski definition) is 2. The number of methoxy groups -OCH3 is 2. The Hall–Kier alpha value is -2.01. The predicted octanol–water partition coefficient (Wildman–Crippen LogP) is 2.89. The van der Waals surface area contributed by atoms with Crippen LogP contribution in [0.4, 0.5) is 0 Å². The lowest BCUT2D eigenvalue weighted by molar-refractivity contribution is 0.354. The third-order valence-electron chi connectivity index (χ3n) is 4.23. The van der Waals surface area contributed by atoms with Gasteiger partial charge in [-0.15, -0.1) is 24.0 Å². The van der Waals surface area contributed by atoms with E-state index in [-0.39, 0.29) is 36.3 Å². The van der Waals surface area contributed by atoms with E-state index in [1.165, 1.54) is 0 Å². The maximum Gasteiger partial charge on any atom is 0.191 e. The Morgan fingerprint density at radius 2 is 1.70 bits per heavy atom. The number of guanidine groups is 1. The minimum absolute atomic E-state index is 0. The number of nitrogens with zero attached hydrogens (tertiary/aromatic N) is 1. The Balaban J connectivity index is 0.00000450. The molecule has 0 saturated carbocycles. The van der Waals surface area contributed by atoms with Gasteiger partial charge in [-0.1, -0.05) is 24.3 Å². The molecule has 0 saturated heterocycles. The first kappa shape index (κ1) is 26.0. The Morgan fingerprint density at radius 1 is 1.00 bits per heavy atom. The molecule has 0 radical (unpaired) electrons. The van der Waals surface area contributed by atoms with E-state index < -0.39 is 9.84 Å². The molecule has 0 heterocycles. The van der Waals surface area contributed by atoms with E-state index in [0.717, 1.165) is 12.0 Å². The topological polar surface area (TPSA) is 89.0 Å². The number of rotatable bonds is 10. The van der Waals surface area contributed by atoms with Gasteiger partial charge in [0.2, 0.25) is 0 Å². The van der Waals surface area contributed by atoms with E-state index in [4.69, 9.17) is 9.47 Å². The Labute approximate surface area is 196 Å². The molecule has 0 amide bonds. The van der Waals surface area contributed by atoms with Gasteiger partial charge in [-0.25, -0.2) is 8.42 Å². The molecule has 0 aliphatic carbocycles. The summed E-state index contributed by atoms with van der Waals surface area (Å²) in [5.74, 6) is 1.94. The van der Waals surface area contributed by atoms with Crippen LogP contribution in [0, 0.1) is 0 Å². The van der Waals surface area contributed by atoms with Crippen molar-refractivity contribution in [1.29, 1.82) is 0 Å². The summed E-state index contributed by atoms with van der Waals surface area (Å²) >= 11 is 0. The lowest BCUT2D eigenvalue weighted by atomic mass is 10.1. The van der Waals surface area contributed by atoms with Crippen molar-refractivity contribution in [3.63, 3.8) is 0 Å². The number of sulfone groups is 1. The summed E-state index contributed by atoms with van der Waals surface area (Å²) in [6.45, 7) is 3.48. The highest BCUT2D eigenvalue weighted by Gasteiger charge is 2.13. The normalized spacial score (nSPS) is 11.4. The van der Waals surface area contributed by atoms with E-state index in [1.807, 2.05) is 25.1 Å². The van der Waals surface area contributed by atoms with E-state index in [2.05, 4.69) is 15.6 Å². The summed E-state index contributed by atoms with van der Waals surface area (Å²) in [5, 5.41) is 6.37. The molecule has 30 heavy (non-hydrogen) atoms. The van der Waals surface area contributed by atoms with Crippen LogP contribution in [0.1, 0.15) is 12.5 Å². The molecule has 0 fully saturated rings. The van der Waals surface area contributed by atoms with Crippen LogP contribution in [0.2, 0.25) is 0 Å². The van der Waals surface area contributed by atoms with Gasteiger partial charge in [-0.05, 0) is 43.2 Å².